The molecule has 1 heterocycles. The van der Waals surface area contributed by atoms with E-state index in [1.807, 2.05) is 63.4 Å². The van der Waals surface area contributed by atoms with Gasteiger partial charge >= 0.3 is 0 Å². The lowest BCUT2D eigenvalue weighted by atomic mass is 9.87. The molecular formula is C27H35N3O3S. The fraction of sp³-hybridized carbons (Fsp3) is 0.370. The summed E-state index contributed by atoms with van der Waals surface area (Å²) in [5.41, 5.74) is 3.32. The van der Waals surface area contributed by atoms with Crippen LogP contribution in [0, 0.1) is 6.92 Å². The number of amides is 1. The van der Waals surface area contributed by atoms with Crippen LogP contribution >= 0.6 is 0 Å². The molecular weight excluding hydrogens is 446 g/mol. The van der Waals surface area contributed by atoms with Crippen LogP contribution in [-0.2, 0) is 20.2 Å². The molecule has 6 nitrogen and oxygen atoms in total. The third kappa shape index (κ3) is 5.53. The Bertz CT molecular complexity index is 1190. The summed E-state index contributed by atoms with van der Waals surface area (Å²) in [4.78, 5) is 18.4. The van der Waals surface area contributed by atoms with E-state index in [9.17, 15) is 13.2 Å². The number of likely N-dealkylation sites (N-methyl/N-ethyl adjacent to an activating group) is 1. The lowest BCUT2D eigenvalue weighted by Gasteiger charge is -2.31. The van der Waals surface area contributed by atoms with Crippen molar-refractivity contribution < 1.29 is 13.2 Å². The van der Waals surface area contributed by atoms with Gasteiger partial charge in [0, 0.05) is 18.4 Å². The number of anilines is 1. The van der Waals surface area contributed by atoms with Crippen LogP contribution in [0.15, 0.2) is 71.8 Å². The van der Waals surface area contributed by atoms with Crippen LogP contribution in [0.3, 0.4) is 0 Å². The van der Waals surface area contributed by atoms with Crippen molar-refractivity contribution in [3.63, 3.8) is 0 Å². The molecule has 1 N–H and O–H groups in total. The van der Waals surface area contributed by atoms with Crippen molar-refractivity contribution in [3.05, 3.63) is 83.7 Å². The van der Waals surface area contributed by atoms with Gasteiger partial charge in [0.05, 0.1) is 16.6 Å². The zero-order valence-corrected chi connectivity index (χ0v) is 21.7. The second-order valence-corrected chi connectivity index (χ2v) is 11.5. The van der Waals surface area contributed by atoms with E-state index in [0.29, 0.717) is 12.2 Å². The Morgan fingerprint density at radius 3 is 2.12 bits per heavy atom. The molecule has 1 aromatic heterocycles. The van der Waals surface area contributed by atoms with Crippen LogP contribution in [-0.4, -0.2) is 37.3 Å². The van der Waals surface area contributed by atoms with Crippen molar-refractivity contribution >= 4 is 21.6 Å². The van der Waals surface area contributed by atoms with Crippen molar-refractivity contribution in [1.82, 2.24) is 9.88 Å². The molecule has 0 radical (unpaired) electrons. The minimum absolute atomic E-state index is 0.0928. The second kappa shape index (κ2) is 10.1. The maximum atomic E-state index is 13.8. The van der Waals surface area contributed by atoms with E-state index in [1.54, 1.807) is 29.2 Å². The van der Waals surface area contributed by atoms with Crippen molar-refractivity contribution in [2.75, 3.05) is 17.4 Å². The fourth-order valence-corrected chi connectivity index (χ4v) is 5.35. The van der Waals surface area contributed by atoms with Gasteiger partial charge in [-0.1, -0.05) is 50.6 Å². The van der Waals surface area contributed by atoms with Crippen molar-refractivity contribution in [3.8, 4) is 0 Å². The number of aromatic amines is 1. The van der Waals surface area contributed by atoms with Gasteiger partial charge in [0.2, 0.25) is 5.91 Å². The first-order chi connectivity index (χ1) is 15.9. The topological polar surface area (TPSA) is 73.5 Å². The summed E-state index contributed by atoms with van der Waals surface area (Å²) < 4.78 is 28.8. The molecule has 1 atom stereocenters. The van der Waals surface area contributed by atoms with E-state index in [1.165, 1.54) is 4.31 Å². The molecule has 7 heteroatoms. The summed E-state index contributed by atoms with van der Waals surface area (Å²) in [7, 11) is -3.97. The van der Waals surface area contributed by atoms with Gasteiger partial charge in [0.15, 0.2) is 0 Å². The minimum Gasteiger partial charge on any atom is -0.363 e. The average Bonchev–Trinajstić information content (AvgIpc) is 3.33. The number of aromatic nitrogens is 1. The normalized spacial score (nSPS) is 12.9. The van der Waals surface area contributed by atoms with Gasteiger partial charge < -0.3 is 9.88 Å². The van der Waals surface area contributed by atoms with Gasteiger partial charge in [-0.2, -0.15) is 0 Å². The number of aryl methyl sites for hydroxylation is 1. The lowest BCUT2D eigenvalue weighted by Crippen LogP contribution is -2.44. The van der Waals surface area contributed by atoms with Gasteiger partial charge in [-0.3, -0.25) is 9.10 Å². The molecule has 182 valence electrons. The van der Waals surface area contributed by atoms with Crippen LogP contribution in [0.25, 0.3) is 0 Å². The largest absolute Gasteiger partial charge is 0.363 e. The highest BCUT2D eigenvalue weighted by Crippen LogP contribution is 2.28. The van der Waals surface area contributed by atoms with E-state index in [0.717, 1.165) is 16.8 Å². The Morgan fingerprint density at radius 1 is 1.00 bits per heavy atom. The highest BCUT2D eigenvalue weighted by molar-refractivity contribution is 7.92. The number of rotatable bonds is 8. The first-order valence-electron chi connectivity index (χ1n) is 11.6. The molecule has 0 bridgehead atoms. The number of H-pyrrole nitrogens is 1. The number of nitrogens with one attached hydrogen (secondary N) is 1. The van der Waals surface area contributed by atoms with E-state index in [-0.39, 0.29) is 28.8 Å². The SMILES string of the molecule is CCN(C(=O)CN(c1ccc(C)cc1)S(=O)(=O)c1ccc(C(C)(C)C)cc1)C(C)c1ccc[nH]1. The molecule has 0 saturated carbocycles. The smallest absolute Gasteiger partial charge is 0.264 e. The van der Waals surface area contributed by atoms with E-state index < -0.39 is 10.0 Å². The number of hydrogen-bond acceptors (Lipinski definition) is 3. The van der Waals surface area contributed by atoms with E-state index in [4.69, 9.17) is 0 Å². The van der Waals surface area contributed by atoms with E-state index >= 15 is 0 Å². The first-order valence-corrected chi connectivity index (χ1v) is 13.0. The predicted molar refractivity (Wildman–Crippen MR) is 137 cm³/mol. The van der Waals surface area contributed by atoms with Gasteiger partial charge in [0.25, 0.3) is 10.0 Å². The zero-order chi connectivity index (χ0) is 25.1. The standard InChI is InChI=1S/C27H35N3O3S/c1-7-29(21(3)25-9-8-18-28-25)26(31)19-30(23-14-10-20(2)11-15-23)34(32,33)24-16-12-22(13-17-24)27(4,5)6/h8-18,21,28H,7,19H2,1-6H3. The third-order valence-electron chi connectivity index (χ3n) is 6.11. The Morgan fingerprint density at radius 2 is 1.62 bits per heavy atom. The number of hydrogen-bond donors (Lipinski definition) is 1. The molecule has 3 aromatic rings. The molecule has 34 heavy (non-hydrogen) atoms. The lowest BCUT2D eigenvalue weighted by molar-refractivity contribution is -0.131. The summed E-state index contributed by atoms with van der Waals surface area (Å²) >= 11 is 0. The number of sulfonamides is 1. The Labute approximate surface area is 203 Å². The third-order valence-corrected chi connectivity index (χ3v) is 7.90. The molecule has 0 aliphatic heterocycles. The molecule has 0 spiro atoms. The number of benzene rings is 2. The molecule has 2 aromatic carbocycles. The quantitative estimate of drug-likeness (QED) is 0.466. The average molecular weight is 482 g/mol. The van der Waals surface area contributed by atoms with Gasteiger partial charge in [0.1, 0.15) is 6.54 Å². The van der Waals surface area contributed by atoms with Crippen LogP contribution in [0.1, 0.15) is 57.5 Å². The molecule has 1 amide bonds. The molecule has 0 fully saturated rings. The predicted octanol–water partition coefficient (Wildman–Crippen LogP) is 5.43. The van der Waals surface area contributed by atoms with Crippen LogP contribution in [0.4, 0.5) is 5.69 Å². The van der Waals surface area contributed by atoms with Crippen LogP contribution < -0.4 is 4.31 Å². The number of carbonyl (C=O) groups excluding carboxylic acids is 1. The zero-order valence-electron chi connectivity index (χ0n) is 20.9. The van der Waals surface area contributed by atoms with Crippen LogP contribution in [0.2, 0.25) is 0 Å². The molecule has 0 aliphatic carbocycles. The monoisotopic (exact) mass is 481 g/mol. The Hall–Kier alpha value is -3.06. The summed E-state index contributed by atoms with van der Waals surface area (Å²) in [6, 6.07) is 17.7. The molecule has 0 saturated heterocycles. The summed E-state index contributed by atoms with van der Waals surface area (Å²) in [6.07, 6.45) is 1.81. The van der Waals surface area contributed by atoms with Crippen LogP contribution in [0.5, 0.6) is 0 Å². The number of nitrogens with zero attached hydrogens (tertiary/aromatic N) is 2. The van der Waals surface area contributed by atoms with Crippen molar-refractivity contribution in [2.45, 2.75) is 57.9 Å². The van der Waals surface area contributed by atoms with Gasteiger partial charge in [-0.25, -0.2) is 8.42 Å². The highest BCUT2D eigenvalue weighted by Gasteiger charge is 2.30. The summed E-state index contributed by atoms with van der Waals surface area (Å²) in [6.45, 7) is 12.2. The Balaban J connectivity index is 1.98. The fourth-order valence-electron chi connectivity index (χ4n) is 3.93. The van der Waals surface area contributed by atoms with Gasteiger partial charge in [-0.15, -0.1) is 0 Å². The summed E-state index contributed by atoms with van der Waals surface area (Å²) in [5, 5.41) is 0. The maximum Gasteiger partial charge on any atom is 0.264 e. The maximum absolute atomic E-state index is 13.8. The van der Waals surface area contributed by atoms with Crippen molar-refractivity contribution in [2.24, 2.45) is 0 Å². The minimum atomic E-state index is -3.97. The van der Waals surface area contributed by atoms with Gasteiger partial charge in [-0.05, 0) is 68.1 Å². The highest BCUT2D eigenvalue weighted by atomic mass is 32.2. The summed E-state index contributed by atoms with van der Waals surface area (Å²) in [5.74, 6) is -0.264. The first kappa shape index (κ1) is 25.6. The Kier molecular flexibility index (Phi) is 7.56. The van der Waals surface area contributed by atoms with Crippen molar-refractivity contribution in [1.29, 1.82) is 0 Å². The second-order valence-electron chi connectivity index (χ2n) is 9.60. The molecule has 3 rings (SSSR count). The molecule has 0 aliphatic rings. The molecule has 1 unspecified atom stereocenters. The number of carbonyl (C=O) groups is 1. The van der Waals surface area contributed by atoms with E-state index in [2.05, 4.69) is 25.8 Å².